The molecular formula is C17H9NO4S. The van der Waals surface area contributed by atoms with Gasteiger partial charge in [-0.2, -0.15) is 5.26 Å². The number of hydrogen-bond acceptors (Lipinski definition) is 6. The highest BCUT2D eigenvalue weighted by Gasteiger charge is 2.22. The van der Waals surface area contributed by atoms with E-state index in [2.05, 4.69) is 0 Å². The minimum absolute atomic E-state index is 0.0202. The number of ether oxygens (including phenoxy) is 1. The highest BCUT2D eigenvalue weighted by molar-refractivity contribution is 7.21. The molecule has 0 atom stereocenters. The molecule has 0 fully saturated rings. The van der Waals surface area contributed by atoms with Crippen LogP contribution >= 0.6 is 11.3 Å². The second-order valence-corrected chi connectivity index (χ2v) is 5.69. The van der Waals surface area contributed by atoms with Crippen LogP contribution in [0.5, 0.6) is 5.75 Å². The van der Waals surface area contributed by atoms with Crippen molar-refractivity contribution in [3.05, 3.63) is 64.5 Å². The van der Waals surface area contributed by atoms with Crippen LogP contribution in [0, 0.1) is 11.3 Å². The van der Waals surface area contributed by atoms with Crippen LogP contribution in [0.2, 0.25) is 0 Å². The molecule has 3 aromatic rings. The first-order valence-electron chi connectivity index (χ1n) is 6.57. The average molecular weight is 323 g/mol. The van der Waals surface area contributed by atoms with Gasteiger partial charge in [0, 0.05) is 10.1 Å². The predicted molar refractivity (Wildman–Crippen MR) is 84.4 cm³/mol. The quantitative estimate of drug-likeness (QED) is 0.576. The summed E-state index contributed by atoms with van der Waals surface area (Å²) in [6, 6.07) is 14.6. The third-order valence-electron chi connectivity index (χ3n) is 3.19. The van der Waals surface area contributed by atoms with Gasteiger partial charge in [0.25, 0.3) is 0 Å². The minimum Gasteiger partial charge on any atom is -0.505 e. The number of nitrogens with zero attached hydrogens (tertiary/aromatic N) is 1. The van der Waals surface area contributed by atoms with Gasteiger partial charge in [-0.1, -0.05) is 12.1 Å². The predicted octanol–water partition coefficient (Wildman–Crippen LogP) is 3.48. The molecule has 0 radical (unpaired) electrons. The fourth-order valence-corrected chi connectivity index (χ4v) is 3.01. The van der Waals surface area contributed by atoms with E-state index in [0.717, 1.165) is 16.0 Å². The summed E-state index contributed by atoms with van der Waals surface area (Å²) in [6.45, 7) is 0. The van der Waals surface area contributed by atoms with E-state index >= 15 is 0 Å². The second-order valence-electron chi connectivity index (χ2n) is 4.64. The zero-order valence-electron chi connectivity index (χ0n) is 11.6. The number of thiophene rings is 1. The van der Waals surface area contributed by atoms with E-state index in [4.69, 9.17) is 10.00 Å². The van der Waals surface area contributed by atoms with Crippen LogP contribution < -0.4 is 0 Å². The van der Waals surface area contributed by atoms with Gasteiger partial charge < -0.3 is 9.84 Å². The maximum atomic E-state index is 12.1. The van der Waals surface area contributed by atoms with Crippen LogP contribution in [0.25, 0.3) is 10.1 Å². The molecule has 0 amide bonds. The van der Waals surface area contributed by atoms with Crippen molar-refractivity contribution in [2.75, 3.05) is 0 Å². The summed E-state index contributed by atoms with van der Waals surface area (Å²) in [7, 11) is 0. The third kappa shape index (κ3) is 2.78. The van der Waals surface area contributed by atoms with Gasteiger partial charge in [0.2, 0.25) is 0 Å². The van der Waals surface area contributed by atoms with E-state index in [1.54, 1.807) is 24.3 Å². The molecule has 0 aliphatic heterocycles. The molecule has 0 aliphatic carbocycles. The normalized spacial score (nSPS) is 10.2. The molecule has 0 saturated heterocycles. The van der Waals surface area contributed by atoms with Crippen molar-refractivity contribution in [1.29, 1.82) is 5.26 Å². The number of aromatic hydroxyl groups is 1. The molecule has 1 N–H and O–H groups in total. The SMILES string of the molecule is N#Cc1ccc(C(=O)OC(=O)c2sc3ccccc3c2O)cc1. The highest BCUT2D eigenvalue weighted by atomic mass is 32.1. The largest absolute Gasteiger partial charge is 0.505 e. The van der Waals surface area contributed by atoms with Gasteiger partial charge in [-0.05, 0) is 36.4 Å². The van der Waals surface area contributed by atoms with Gasteiger partial charge in [-0.15, -0.1) is 11.3 Å². The molecular weight excluding hydrogens is 314 g/mol. The Bertz CT molecular complexity index is 951. The average Bonchev–Trinajstić information content (AvgIpc) is 2.92. The van der Waals surface area contributed by atoms with Gasteiger partial charge in [0.05, 0.1) is 17.2 Å². The van der Waals surface area contributed by atoms with E-state index in [-0.39, 0.29) is 16.2 Å². The van der Waals surface area contributed by atoms with Gasteiger partial charge in [0.1, 0.15) is 5.75 Å². The van der Waals surface area contributed by atoms with Crippen LogP contribution in [-0.4, -0.2) is 17.0 Å². The van der Waals surface area contributed by atoms with Crippen molar-refractivity contribution in [2.45, 2.75) is 0 Å². The number of fused-ring (bicyclic) bond motifs is 1. The first-order valence-corrected chi connectivity index (χ1v) is 7.39. The lowest BCUT2D eigenvalue weighted by molar-refractivity contribution is 0.0400. The Kier molecular flexibility index (Phi) is 3.79. The van der Waals surface area contributed by atoms with Crippen molar-refractivity contribution < 1.29 is 19.4 Å². The standard InChI is InChI=1S/C17H9NO4S/c18-9-10-5-7-11(8-6-10)16(20)22-17(21)15-14(19)12-3-1-2-4-13(12)23-15/h1-8,19H. The fourth-order valence-electron chi connectivity index (χ4n) is 2.04. The maximum absolute atomic E-state index is 12.1. The number of nitriles is 1. The smallest absolute Gasteiger partial charge is 0.360 e. The topological polar surface area (TPSA) is 87.4 Å². The summed E-state index contributed by atoms with van der Waals surface area (Å²) in [5, 5.41) is 19.3. The van der Waals surface area contributed by atoms with Crippen LogP contribution in [-0.2, 0) is 4.74 Å². The molecule has 1 aromatic heterocycles. The van der Waals surface area contributed by atoms with Gasteiger partial charge >= 0.3 is 11.9 Å². The summed E-state index contributed by atoms with van der Waals surface area (Å²) in [5.41, 5.74) is 0.549. The molecule has 112 valence electrons. The molecule has 1 heterocycles. The Morgan fingerprint density at radius 3 is 2.39 bits per heavy atom. The second kappa shape index (κ2) is 5.91. The van der Waals surface area contributed by atoms with E-state index in [9.17, 15) is 14.7 Å². The lowest BCUT2D eigenvalue weighted by Gasteiger charge is -2.02. The molecule has 0 aliphatic rings. The Labute approximate surface area is 135 Å². The summed E-state index contributed by atoms with van der Waals surface area (Å²) >= 11 is 1.06. The zero-order valence-corrected chi connectivity index (χ0v) is 12.5. The van der Waals surface area contributed by atoms with Crippen molar-refractivity contribution in [1.82, 2.24) is 0 Å². The van der Waals surface area contributed by atoms with Crippen molar-refractivity contribution in [3.8, 4) is 11.8 Å². The highest BCUT2D eigenvalue weighted by Crippen LogP contribution is 2.37. The molecule has 0 unspecified atom stereocenters. The summed E-state index contributed by atoms with van der Waals surface area (Å²) < 4.78 is 5.52. The molecule has 23 heavy (non-hydrogen) atoms. The van der Waals surface area contributed by atoms with Gasteiger partial charge in [-0.25, -0.2) is 9.59 Å². The first kappa shape index (κ1) is 14.8. The third-order valence-corrected chi connectivity index (χ3v) is 4.33. The lowest BCUT2D eigenvalue weighted by atomic mass is 10.1. The van der Waals surface area contributed by atoms with Crippen molar-refractivity contribution in [2.24, 2.45) is 0 Å². The number of carbonyl (C=O) groups is 2. The van der Waals surface area contributed by atoms with Crippen LogP contribution in [0.1, 0.15) is 25.6 Å². The van der Waals surface area contributed by atoms with E-state index < -0.39 is 11.9 Å². The van der Waals surface area contributed by atoms with E-state index in [1.807, 2.05) is 6.07 Å². The molecule has 5 nitrogen and oxygen atoms in total. The van der Waals surface area contributed by atoms with E-state index in [1.165, 1.54) is 24.3 Å². The summed E-state index contributed by atoms with van der Waals surface area (Å²) in [4.78, 5) is 24.0. The van der Waals surface area contributed by atoms with E-state index in [0.29, 0.717) is 10.9 Å². The first-order chi connectivity index (χ1) is 11.1. The van der Waals surface area contributed by atoms with Crippen LogP contribution in [0.4, 0.5) is 0 Å². The Morgan fingerprint density at radius 1 is 1.04 bits per heavy atom. The summed E-state index contributed by atoms with van der Waals surface area (Å²) in [6.07, 6.45) is 0. The molecule has 6 heteroatoms. The molecule has 0 bridgehead atoms. The van der Waals surface area contributed by atoms with Gasteiger partial charge in [-0.3, -0.25) is 0 Å². The number of hydrogen-bond donors (Lipinski definition) is 1. The Morgan fingerprint density at radius 2 is 1.74 bits per heavy atom. The van der Waals surface area contributed by atoms with Crippen molar-refractivity contribution in [3.63, 3.8) is 0 Å². The number of esters is 2. The Balaban J connectivity index is 1.83. The minimum atomic E-state index is -0.905. The lowest BCUT2D eigenvalue weighted by Crippen LogP contribution is -2.11. The van der Waals surface area contributed by atoms with Crippen LogP contribution in [0.15, 0.2) is 48.5 Å². The van der Waals surface area contributed by atoms with Crippen molar-refractivity contribution >= 4 is 33.4 Å². The molecule has 0 spiro atoms. The van der Waals surface area contributed by atoms with Gasteiger partial charge in [0.15, 0.2) is 4.88 Å². The summed E-state index contributed by atoms with van der Waals surface area (Å²) in [5.74, 6) is -1.93. The van der Waals surface area contributed by atoms with Crippen LogP contribution in [0.3, 0.4) is 0 Å². The molecule has 0 saturated carbocycles. The molecule has 3 rings (SSSR count). The Hall–Kier alpha value is -3.17. The number of carbonyl (C=O) groups excluding carboxylic acids is 2. The number of benzene rings is 2. The zero-order chi connectivity index (χ0) is 16.4. The maximum Gasteiger partial charge on any atom is 0.360 e. The monoisotopic (exact) mass is 323 g/mol. The fraction of sp³-hybridized carbons (Fsp3) is 0. The number of rotatable bonds is 2. The molecule has 2 aromatic carbocycles.